The lowest BCUT2D eigenvalue weighted by Gasteiger charge is -2.33. The molecular formula is C14H17F2N3OS. The van der Waals surface area contributed by atoms with Crippen LogP contribution >= 0.6 is 12.2 Å². The summed E-state index contributed by atoms with van der Waals surface area (Å²) >= 11 is 4.68. The van der Waals surface area contributed by atoms with Gasteiger partial charge in [-0.3, -0.25) is 4.79 Å². The van der Waals surface area contributed by atoms with E-state index in [9.17, 15) is 13.6 Å². The number of benzene rings is 1. The number of hydrogen-bond donors (Lipinski definition) is 2. The van der Waals surface area contributed by atoms with Gasteiger partial charge in [-0.05, 0) is 30.9 Å². The molecule has 1 aliphatic rings. The second-order valence-electron chi connectivity index (χ2n) is 5.23. The SMILES string of the molecule is NC(=O)CC1CCN(c2ccc(C(N)=S)c(F)c2F)CC1. The standard InChI is InChI=1S/C14H17F2N3OS/c15-12-9(14(18)21)1-2-10(13(12)16)19-5-3-8(4-6-19)7-11(17)20/h1-2,8H,3-7H2,(H2,17,20)(H2,18,21). The van der Waals surface area contributed by atoms with E-state index < -0.39 is 11.6 Å². The number of amides is 1. The number of anilines is 1. The van der Waals surface area contributed by atoms with Gasteiger partial charge in [0.15, 0.2) is 11.6 Å². The van der Waals surface area contributed by atoms with Crippen LogP contribution in [0.15, 0.2) is 12.1 Å². The van der Waals surface area contributed by atoms with Gasteiger partial charge in [-0.15, -0.1) is 0 Å². The molecular weight excluding hydrogens is 296 g/mol. The lowest BCUT2D eigenvalue weighted by Crippen LogP contribution is -2.35. The summed E-state index contributed by atoms with van der Waals surface area (Å²) in [5.41, 5.74) is 10.6. The Labute approximate surface area is 127 Å². The number of rotatable bonds is 4. The molecule has 1 fully saturated rings. The normalized spacial score (nSPS) is 16.0. The first-order chi connectivity index (χ1) is 9.90. The van der Waals surface area contributed by atoms with E-state index in [0.717, 1.165) is 12.8 Å². The summed E-state index contributed by atoms with van der Waals surface area (Å²) in [6.07, 6.45) is 1.78. The lowest BCUT2D eigenvalue weighted by atomic mass is 9.93. The molecule has 0 atom stereocenters. The third kappa shape index (κ3) is 3.47. The van der Waals surface area contributed by atoms with Crippen molar-refractivity contribution in [3.63, 3.8) is 0 Å². The fourth-order valence-electron chi connectivity index (χ4n) is 2.64. The molecule has 2 rings (SSSR count). The Kier molecular flexibility index (Phi) is 4.72. The van der Waals surface area contributed by atoms with Gasteiger partial charge < -0.3 is 16.4 Å². The molecule has 1 saturated heterocycles. The largest absolute Gasteiger partial charge is 0.389 e. The number of piperidine rings is 1. The lowest BCUT2D eigenvalue weighted by molar-refractivity contribution is -0.119. The predicted octanol–water partition coefficient (Wildman–Crippen LogP) is 1.69. The summed E-state index contributed by atoms with van der Waals surface area (Å²) in [4.78, 5) is 12.5. The second-order valence-corrected chi connectivity index (χ2v) is 5.67. The van der Waals surface area contributed by atoms with Gasteiger partial charge in [-0.1, -0.05) is 12.2 Å². The summed E-state index contributed by atoms with van der Waals surface area (Å²) < 4.78 is 28.0. The van der Waals surface area contributed by atoms with Gasteiger partial charge in [0, 0.05) is 25.1 Å². The third-order valence-electron chi connectivity index (χ3n) is 3.77. The molecule has 1 aromatic rings. The Hall–Kier alpha value is -1.76. The van der Waals surface area contributed by atoms with Gasteiger partial charge >= 0.3 is 0 Å². The minimum absolute atomic E-state index is 0.0881. The van der Waals surface area contributed by atoms with Crippen LogP contribution in [0, 0.1) is 17.6 Å². The molecule has 1 aromatic carbocycles. The van der Waals surface area contributed by atoms with Crippen molar-refractivity contribution in [3.8, 4) is 0 Å². The van der Waals surface area contributed by atoms with Gasteiger partial charge in [-0.2, -0.15) is 0 Å². The van der Waals surface area contributed by atoms with Crippen LogP contribution in [0.25, 0.3) is 0 Å². The highest BCUT2D eigenvalue weighted by Crippen LogP contribution is 2.29. The molecule has 0 radical (unpaired) electrons. The molecule has 4 N–H and O–H groups in total. The maximum Gasteiger partial charge on any atom is 0.217 e. The first-order valence-electron chi connectivity index (χ1n) is 6.71. The number of thiocarbonyl (C=S) groups is 1. The number of primary amides is 1. The number of carbonyl (C=O) groups excluding carboxylic acids is 1. The maximum atomic E-state index is 14.1. The van der Waals surface area contributed by atoms with Gasteiger partial charge in [0.25, 0.3) is 0 Å². The van der Waals surface area contributed by atoms with Crippen molar-refractivity contribution in [1.82, 2.24) is 0 Å². The van der Waals surface area contributed by atoms with Crippen LogP contribution in [0.4, 0.5) is 14.5 Å². The van der Waals surface area contributed by atoms with Crippen LogP contribution in [0.1, 0.15) is 24.8 Å². The minimum Gasteiger partial charge on any atom is -0.389 e. The number of halogens is 2. The highest BCUT2D eigenvalue weighted by molar-refractivity contribution is 7.80. The van der Waals surface area contributed by atoms with Crippen LogP contribution in [0.3, 0.4) is 0 Å². The van der Waals surface area contributed by atoms with Crippen LogP contribution in [-0.2, 0) is 4.79 Å². The first kappa shape index (κ1) is 15.6. The van der Waals surface area contributed by atoms with Crippen LogP contribution in [-0.4, -0.2) is 24.0 Å². The van der Waals surface area contributed by atoms with E-state index in [1.54, 1.807) is 4.90 Å². The Morgan fingerprint density at radius 1 is 1.24 bits per heavy atom. The summed E-state index contributed by atoms with van der Waals surface area (Å²) in [6, 6.07) is 2.88. The molecule has 21 heavy (non-hydrogen) atoms. The average Bonchev–Trinajstić information content (AvgIpc) is 2.42. The number of hydrogen-bond acceptors (Lipinski definition) is 3. The van der Waals surface area contributed by atoms with E-state index in [-0.39, 0.29) is 28.1 Å². The fourth-order valence-corrected chi connectivity index (χ4v) is 2.79. The number of nitrogens with zero attached hydrogens (tertiary/aromatic N) is 1. The van der Waals surface area contributed by atoms with Crippen molar-refractivity contribution in [1.29, 1.82) is 0 Å². The van der Waals surface area contributed by atoms with E-state index in [4.69, 9.17) is 11.5 Å². The Balaban J connectivity index is 2.12. The topological polar surface area (TPSA) is 72.4 Å². The van der Waals surface area contributed by atoms with Crippen molar-refractivity contribution < 1.29 is 13.6 Å². The second kappa shape index (κ2) is 6.34. The van der Waals surface area contributed by atoms with Gasteiger partial charge in [0.05, 0.1) is 5.69 Å². The van der Waals surface area contributed by atoms with Gasteiger partial charge in [-0.25, -0.2) is 8.78 Å². The maximum absolute atomic E-state index is 14.1. The zero-order chi connectivity index (χ0) is 15.6. The molecule has 1 aliphatic heterocycles. The molecule has 0 bridgehead atoms. The minimum atomic E-state index is -1.01. The zero-order valence-electron chi connectivity index (χ0n) is 11.4. The van der Waals surface area contributed by atoms with Crippen LogP contribution in [0.5, 0.6) is 0 Å². The van der Waals surface area contributed by atoms with E-state index in [1.807, 2.05) is 0 Å². The molecule has 0 saturated carbocycles. The summed E-state index contributed by atoms with van der Waals surface area (Å²) in [6.45, 7) is 1.11. The van der Waals surface area contributed by atoms with Crippen LogP contribution in [0.2, 0.25) is 0 Å². The summed E-state index contributed by atoms with van der Waals surface area (Å²) in [5.74, 6) is -2.07. The van der Waals surface area contributed by atoms with Crippen LogP contribution < -0.4 is 16.4 Å². The molecule has 0 aromatic heterocycles. The van der Waals surface area contributed by atoms with Crippen molar-refractivity contribution >= 4 is 28.8 Å². The highest BCUT2D eigenvalue weighted by atomic mass is 32.1. The van der Waals surface area contributed by atoms with Crippen molar-refractivity contribution in [2.24, 2.45) is 17.4 Å². The zero-order valence-corrected chi connectivity index (χ0v) is 12.3. The monoisotopic (exact) mass is 313 g/mol. The Bertz CT molecular complexity index is 572. The van der Waals surface area contributed by atoms with Crippen molar-refractivity contribution in [2.45, 2.75) is 19.3 Å². The molecule has 0 aliphatic carbocycles. The smallest absolute Gasteiger partial charge is 0.217 e. The number of carbonyl (C=O) groups is 1. The van der Waals surface area contributed by atoms with E-state index in [1.165, 1.54) is 12.1 Å². The molecule has 1 amide bonds. The third-order valence-corrected chi connectivity index (χ3v) is 3.99. The Morgan fingerprint density at radius 2 is 1.86 bits per heavy atom. The van der Waals surface area contributed by atoms with E-state index in [0.29, 0.717) is 19.5 Å². The molecule has 7 heteroatoms. The number of nitrogens with two attached hydrogens (primary N) is 2. The first-order valence-corrected chi connectivity index (χ1v) is 7.12. The fraction of sp³-hybridized carbons (Fsp3) is 0.429. The van der Waals surface area contributed by atoms with E-state index >= 15 is 0 Å². The van der Waals surface area contributed by atoms with Crippen molar-refractivity contribution in [2.75, 3.05) is 18.0 Å². The quantitative estimate of drug-likeness (QED) is 0.830. The average molecular weight is 313 g/mol. The highest BCUT2D eigenvalue weighted by Gasteiger charge is 2.24. The van der Waals surface area contributed by atoms with Gasteiger partial charge in [0.1, 0.15) is 4.99 Å². The molecule has 0 unspecified atom stereocenters. The Morgan fingerprint density at radius 3 is 2.38 bits per heavy atom. The molecule has 0 spiro atoms. The predicted molar refractivity (Wildman–Crippen MR) is 81.0 cm³/mol. The molecule has 1 heterocycles. The molecule has 4 nitrogen and oxygen atoms in total. The summed E-state index contributed by atoms with van der Waals surface area (Å²) in [5, 5.41) is 0. The van der Waals surface area contributed by atoms with Crippen molar-refractivity contribution in [3.05, 3.63) is 29.3 Å². The van der Waals surface area contributed by atoms with E-state index in [2.05, 4.69) is 12.2 Å². The molecule has 114 valence electrons. The summed E-state index contributed by atoms with van der Waals surface area (Å²) in [7, 11) is 0. The van der Waals surface area contributed by atoms with Gasteiger partial charge in [0.2, 0.25) is 5.91 Å².